The van der Waals surface area contributed by atoms with Crippen molar-refractivity contribution >= 4 is 29.4 Å². The highest BCUT2D eigenvalue weighted by atomic mass is 35.5. The maximum atomic E-state index is 11.8. The van der Waals surface area contributed by atoms with Crippen LogP contribution in [0.2, 0.25) is 5.02 Å². The molecule has 7 heteroatoms. The highest BCUT2D eigenvalue weighted by Gasteiger charge is 2.12. The summed E-state index contributed by atoms with van der Waals surface area (Å²) in [5, 5.41) is 14.5. The van der Waals surface area contributed by atoms with E-state index in [-0.39, 0.29) is 24.8 Å². The lowest BCUT2D eigenvalue weighted by molar-refractivity contribution is -0.141. The van der Waals surface area contributed by atoms with Crippen molar-refractivity contribution in [2.24, 2.45) is 5.92 Å². The molecular formula is C15H19ClN2O4. The summed E-state index contributed by atoms with van der Waals surface area (Å²) < 4.78 is 0. The molecule has 1 unspecified atom stereocenters. The SMILES string of the molecule is CC(CNC(=O)CCCNC(=O)c1ccc(Cl)cc1)C(=O)O. The number of carbonyl (C=O) groups is 3. The summed E-state index contributed by atoms with van der Waals surface area (Å²) in [6.45, 7) is 1.99. The van der Waals surface area contributed by atoms with Crippen LogP contribution in [0.4, 0.5) is 0 Å². The molecule has 1 rings (SSSR count). The summed E-state index contributed by atoms with van der Waals surface area (Å²) in [6, 6.07) is 6.51. The van der Waals surface area contributed by atoms with Gasteiger partial charge in [-0.3, -0.25) is 14.4 Å². The maximum absolute atomic E-state index is 11.8. The first-order chi connectivity index (χ1) is 10.4. The molecule has 0 saturated heterocycles. The monoisotopic (exact) mass is 326 g/mol. The Balaban J connectivity index is 2.19. The number of carboxylic acids is 1. The molecule has 3 N–H and O–H groups in total. The third kappa shape index (κ3) is 6.58. The van der Waals surface area contributed by atoms with Crippen molar-refractivity contribution in [3.05, 3.63) is 34.9 Å². The number of amides is 2. The quantitative estimate of drug-likeness (QED) is 0.633. The zero-order valence-electron chi connectivity index (χ0n) is 12.3. The van der Waals surface area contributed by atoms with Crippen LogP contribution in [-0.4, -0.2) is 36.0 Å². The van der Waals surface area contributed by atoms with E-state index in [0.717, 1.165) is 0 Å². The van der Waals surface area contributed by atoms with E-state index in [4.69, 9.17) is 16.7 Å². The molecule has 120 valence electrons. The molecule has 6 nitrogen and oxygen atoms in total. The van der Waals surface area contributed by atoms with Crippen molar-refractivity contribution in [3.8, 4) is 0 Å². The van der Waals surface area contributed by atoms with Crippen LogP contribution in [-0.2, 0) is 9.59 Å². The predicted molar refractivity (Wildman–Crippen MR) is 82.8 cm³/mol. The van der Waals surface area contributed by atoms with Gasteiger partial charge in [-0.2, -0.15) is 0 Å². The van der Waals surface area contributed by atoms with Gasteiger partial charge < -0.3 is 15.7 Å². The van der Waals surface area contributed by atoms with Crippen molar-refractivity contribution in [2.45, 2.75) is 19.8 Å². The van der Waals surface area contributed by atoms with Gasteiger partial charge in [0, 0.05) is 30.1 Å². The largest absolute Gasteiger partial charge is 0.481 e. The minimum atomic E-state index is -0.949. The van der Waals surface area contributed by atoms with Crippen LogP contribution in [0.25, 0.3) is 0 Å². The van der Waals surface area contributed by atoms with Crippen LogP contribution in [0, 0.1) is 5.92 Å². The Kier molecular flexibility index (Phi) is 7.39. The van der Waals surface area contributed by atoms with E-state index >= 15 is 0 Å². The van der Waals surface area contributed by atoms with Gasteiger partial charge in [-0.25, -0.2) is 0 Å². The summed E-state index contributed by atoms with van der Waals surface area (Å²) in [7, 11) is 0. The Morgan fingerprint density at radius 1 is 1.18 bits per heavy atom. The molecule has 0 aliphatic carbocycles. The number of halogens is 1. The molecule has 0 radical (unpaired) electrons. The number of aliphatic carboxylic acids is 1. The Bertz CT molecular complexity index is 531. The van der Waals surface area contributed by atoms with E-state index in [1.54, 1.807) is 24.3 Å². The molecular weight excluding hydrogens is 308 g/mol. The molecule has 0 bridgehead atoms. The van der Waals surface area contributed by atoms with Crippen LogP contribution >= 0.6 is 11.6 Å². The number of nitrogens with one attached hydrogen (secondary N) is 2. The zero-order chi connectivity index (χ0) is 16.5. The Morgan fingerprint density at radius 3 is 2.41 bits per heavy atom. The van der Waals surface area contributed by atoms with E-state index < -0.39 is 11.9 Å². The number of carbonyl (C=O) groups excluding carboxylic acids is 2. The van der Waals surface area contributed by atoms with Crippen molar-refractivity contribution in [2.75, 3.05) is 13.1 Å². The molecule has 0 aliphatic rings. The fourth-order valence-corrected chi connectivity index (χ4v) is 1.72. The van der Waals surface area contributed by atoms with Gasteiger partial charge >= 0.3 is 5.97 Å². The first kappa shape index (κ1) is 18.0. The topological polar surface area (TPSA) is 95.5 Å². The summed E-state index contributed by atoms with van der Waals surface area (Å²) in [6.07, 6.45) is 0.708. The predicted octanol–water partition coefficient (Wildman–Crippen LogP) is 1.69. The fourth-order valence-electron chi connectivity index (χ4n) is 1.60. The molecule has 0 aliphatic heterocycles. The Labute approximate surface area is 133 Å². The zero-order valence-corrected chi connectivity index (χ0v) is 13.0. The second-order valence-corrected chi connectivity index (χ2v) is 5.35. The lowest BCUT2D eigenvalue weighted by atomic mass is 10.2. The molecule has 1 atom stereocenters. The third-order valence-corrected chi connectivity index (χ3v) is 3.25. The highest BCUT2D eigenvalue weighted by Crippen LogP contribution is 2.09. The van der Waals surface area contributed by atoms with E-state index in [2.05, 4.69) is 10.6 Å². The number of hydrogen-bond donors (Lipinski definition) is 3. The smallest absolute Gasteiger partial charge is 0.308 e. The normalized spacial score (nSPS) is 11.5. The number of carboxylic acid groups (broad SMARTS) is 1. The van der Waals surface area contributed by atoms with Gasteiger partial charge in [-0.05, 0) is 30.7 Å². The van der Waals surface area contributed by atoms with Crippen molar-refractivity contribution in [1.29, 1.82) is 0 Å². The summed E-state index contributed by atoms with van der Waals surface area (Å²) in [4.78, 5) is 33.9. The molecule has 0 aromatic heterocycles. The van der Waals surface area contributed by atoms with E-state index in [1.165, 1.54) is 6.92 Å². The Morgan fingerprint density at radius 2 is 1.82 bits per heavy atom. The van der Waals surface area contributed by atoms with Crippen LogP contribution < -0.4 is 10.6 Å². The summed E-state index contributed by atoms with van der Waals surface area (Å²) in [5.74, 6) is -2.02. The lowest BCUT2D eigenvalue weighted by Crippen LogP contribution is -2.32. The number of hydrogen-bond acceptors (Lipinski definition) is 3. The molecule has 1 aromatic carbocycles. The van der Waals surface area contributed by atoms with Gasteiger partial charge in [-0.1, -0.05) is 18.5 Å². The minimum absolute atomic E-state index is 0.102. The molecule has 1 aromatic rings. The highest BCUT2D eigenvalue weighted by molar-refractivity contribution is 6.30. The van der Waals surface area contributed by atoms with E-state index in [1.807, 2.05) is 0 Å². The molecule has 0 saturated carbocycles. The van der Waals surface area contributed by atoms with E-state index in [0.29, 0.717) is 23.6 Å². The average molecular weight is 327 g/mol. The number of rotatable bonds is 8. The molecule has 0 spiro atoms. The van der Waals surface area contributed by atoms with Crippen LogP contribution in [0.5, 0.6) is 0 Å². The van der Waals surface area contributed by atoms with Crippen molar-refractivity contribution < 1.29 is 19.5 Å². The first-order valence-electron chi connectivity index (χ1n) is 6.93. The van der Waals surface area contributed by atoms with Gasteiger partial charge in [0.2, 0.25) is 5.91 Å². The maximum Gasteiger partial charge on any atom is 0.308 e. The Hall–Kier alpha value is -2.08. The molecule has 0 heterocycles. The van der Waals surface area contributed by atoms with Crippen molar-refractivity contribution in [1.82, 2.24) is 10.6 Å². The second kappa shape index (κ2) is 9.04. The van der Waals surface area contributed by atoms with E-state index in [9.17, 15) is 14.4 Å². The number of benzene rings is 1. The van der Waals surface area contributed by atoms with Gasteiger partial charge in [0.25, 0.3) is 5.91 Å². The van der Waals surface area contributed by atoms with Gasteiger partial charge in [0.05, 0.1) is 5.92 Å². The van der Waals surface area contributed by atoms with Crippen LogP contribution in [0.3, 0.4) is 0 Å². The molecule has 0 fully saturated rings. The van der Waals surface area contributed by atoms with Gasteiger partial charge in [0.15, 0.2) is 0 Å². The van der Waals surface area contributed by atoms with Crippen molar-refractivity contribution in [3.63, 3.8) is 0 Å². The van der Waals surface area contributed by atoms with Crippen LogP contribution in [0.15, 0.2) is 24.3 Å². The average Bonchev–Trinajstić information content (AvgIpc) is 2.49. The fraction of sp³-hybridized carbons (Fsp3) is 0.400. The van der Waals surface area contributed by atoms with Gasteiger partial charge in [-0.15, -0.1) is 0 Å². The van der Waals surface area contributed by atoms with Gasteiger partial charge in [0.1, 0.15) is 0 Å². The first-order valence-corrected chi connectivity index (χ1v) is 7.31. The third-order valence-electron chi connectivity index (χ3n) is 3.00. The summed E-state index contributed by atoms with van der Waals surface area (Å²) >= 11 is 5.74. The minimum Gasteiger partial charge on any atom is -0.481 e. The molecule has 22 heavy (non-hydrogen) atoms. The lowest BCUT2D eigenvalue weighted by Gasteiger charge is -2.09. The summed E-state index contributed by atoms with van der Waals surface area (Å²) in [5.41, 5.74) is 0.504. The molecule has 2 amide bonds. The second-order valence-electron chi connectivity index (χ2n) is 4.91. The van der Waals surface area contributed by atoms with Crippen LogP contribution in [0.1, 0.15) is 30.1 Å². The standard InChI is InChI=1S/C15H19ClN2O4/c1-10(15(21)22)9-18-13(19)3-2-8-17-14(20)11-4-6-12(16)7-5-11/h4-7,10H,2-3,8-9H2,1H3,(H,17,20)(H,18,19)(H,21,22).